The van der Waals surface area contributed by atoms with E-state index >= 15 is 0 Å². The molecule has 5 heteroatoms. The van der Waals surface area contributed by atoms with Crippen LogP contribution >= 0.6 is 11.8 Å². The monoisotopic (exact) mass is 287 g/mol. The maximum Gasteiger partial charge on any atom is 0.256 e. The van der Waals surface area contributed by atoms with Gasteiger partial charge in [0.2, 0.25) is 0 Å². The summed E-state index contributed by atoms with van der Waals surface area (Å²) in [6, 6.07) is 0.195. The van der Waals surface area contributed by atoms with Gasteiger partial charge in [-0.2, -0.15) is 11.8 Å². The SMILES string of the molecule is CC[C@@H]1O[C@H]1C(=O)N1[C@H](CCSC)OC[C@@H]1C(C)C. The molecule has 2 rings (SSSR count). The largest absolute Gasteiger partial charge is 0.359 e. The molecule has 2 aliphatic heterocycles. The lowest BCUT2D eigenvalue weighted by Gasteiger charge is -2.30. The lowest BCUT2D eigenvalue weighted by molar-refractivity contribution is -0.139. The molecule has 0 aromatic rings. The van der Waals surface area contributed by atoms with Crippen molar-refractivity contribution in [1.29, 1.82) is 0 Å². The van der Waals surface area contributed by atoms with E-state index in [4.69, 9.17) is 9.47 Å². The molecule has 2 saturated heterocycles. The van der Waals surface area contributed by atoms with E-state index in [1.165, 1.54) is 0 Å². The minimum Gasteiger partial charge on any atom is -0.359 e. The smallest absolute Gasteiger partial charge is 0.256 e. The minimum atomic E-state index is -0.218. The van der Waals surface area contributed by atoms with Gasteiger partial charge < -0.3 is 14.4 Å². The van der Waals surface area contributed by atoms with Crippen molar-refractivity contribution in [1.82, 2.24) is 4.90 Å². The highest BCUT2D eigenvalue weighted by Crippen LogP contribution is 2.33. The Morgan fingerprint density at radius 2 is 2.21 bits per heavy atom. The second-order valence-corrected chi connectivity index (χ2v) is 6.62. The van der Waals surface area contributed by atoms with Crippen LogP contribution in [0.15, 0.2) is 0 Å². The van der Waals surface area contributed by atoms with Crippen molar-refractivity contribution < 1.29 is 14.3 Å². The Bertz CT molecular complexity index is 324. The lowest BCUT2D eigenvalue weighted by Crippen LogP contribution is -2.47. The average Bonchev–Trinajstić information content (AvgIpc) is 3.06. The number of carbonyl (C=O) groups excluding carboxylic acids is 1. The number of epoxide rings is 1. The van der Waals surface area contributed by atoms with Gasteiger partial charge >= 0.3 is 0 Å². The number of hydrogen-bond acceptors (Lipinski definition) is 4. The number of nitrogens with zero attached hydrogens (tertiary/aromatic N) is 1. The average molecular weight is 287 g/mol. The molecule has 0 spiro atoms. The van der Waals surface area contributed by atoms with Gasteiger partial charge in [0.1, 0.15) is 6.23 Å². The van der Waals surface area contributed by atoms with Crippen molar-refractivity contribution in [2.45, 2.75) is 58.1 Å². The highest BCUT2D eigenvalue weighted by atomic mass is 32.2. The van der Waals surface area contributed by atoms with E-state index in [1.54, 1.807) is 11.8 Å². The van der Waals surface area contributed by atoms with Crippen molar-refractivity contribution in [2.75, 3.05) is 18.6 Å². The van der Waals surface area contributed by atoms with E-state index in [9.17, 15) is 4.79 Å². The number of rotatable bonds is 6. The van der Waals surface area contributed by atoms with Gasteiger partial charge in [-0.25, -0.2) is 0 Å². The minimum absolute atomic E-state index is 0.0611. The summed E-state index contributed by atoms with van der Waals surface area (Å²) >= 11 is 1.79. The highest BCUT2D eigenvalue weighted by Gasteiger charge is 2.50. The molecule has 0 aromatic heterocycles. The molecule has 19 heavy (non-hydrogen) atoms. The molecule has 4 atom stereocenters. The van der Waals surface area contributed by atoms with E-state index in [0.29, 0.717) is 12.5 Å². The van der Waals surface area contributed by atoms with Crippen molar-refractivity contribution in [3.8, 4) is 0 Å². The van der Waals surface area contributed by atoms with Gasteiger partial charge in [-0.15, -0.1) is 0 Å². The predicted octanol–water partition coefficient (Wildman–Crippen LogP) is 2.13. The van der Waals surface area contributed by atoms with Crippen LogP contribution in [0.1, 0.15) is 33.6 Å². The molecule has 2 aliphatic rings. The summed E-state index contributed by atoms with van der Waals surface area (Å²) < 4.78 is 11.3. The second kappa shape index (κ2) is 6.46. The number of ether oxygens (including phenoxy) is 2. The molecule has 0 saturated carbocycles. The summed E-state index contributed by atoms with van der Waals surface area (Å²) in [6.07, 6.45) is 3.74. The first kappa shape index (κ1) is 15.1. The van der Waals surface area contributed by atoms with Crippen LogP contribution in [-0.4, -0.2) is 53.9 Å². The highest BCUT2D eigenvalue weighted by molar-refractivity contribution is 7.98. The second-order valence-electron chi connectivity index (χ2n) is 5.63. The number of amides is 1. The van der Waals surface area contributed by atoms with Crippen LogP contribution in [0, 0.1) is 5.92 Å². The molecule has 0 N–H and O–H groups in total. The van der Waals surface area contributed by atoms with Gasteiger partial charge in [0.25, 0.3) is 5.91 Å². The van der Waals surface area contributed by atoms with Crippen LogP contribution in [0.5, 0.6) is 0 Å². The predicted molar refractivity (Wildman–Crippen MR) is 77.2 cm³/mol. The quantitative estimate of drug-likeness (QED) is 0.702. The molecule has 0 bridgehead atoms. The Hall–Kier alpha value is -0.260. The van der Waals surface area contributed by atoms with Crippen molar-refractivity contribution in [2.24, 2.45) is 5.92 Å². The Morgan fingerprint density at radius 1 is 1.47 bits per heavy atom. The molecule has 1 amide bonds. The van der Waals surface area contributed by atoms with Gasteiger partial charge in [0.05, 0.1) is 18.8 Å². The van der Waals surface area contributed by atoms with Crippen LogP contribution < -0.4 is 0 Å². The molecule has 0 unspecified atom stereocenters. The first-order valence-electron chi connectivity index (χ1n) is 7.18. The zero-order chi connectivity index (χ0) is 14.0. The van der Waals surface area contributed by atoms with Crippen LogP contribution in [-0.2, 0) is 14.3 Å². The summed E-state index contributed by atoms with van der Waals surface area (Å²) in [4.78, 5) is 14.5. The van der Waals surface area contributed by atoms with Gasteiger partial charge in [-0.05, 0) is 24.3 Å². The molecule has 0 aromatic carbocycles. The van der Waals surface area contributed by atoms with Gasteiger partial charge in [-0.1, -0.05) is 20.8 Å². The molecule has 4 nitrogen and oxygen atoms in total. The third kappa shape index (κ3) is 3.26. The lowest BCUT2D eigenvalue weighted by atomic mass is 10.0. The third-order valence-corrected chi connectivity index (χ3v) is 4.59. The van der Waals surface area contributed by atoms with Crippen LogP contribution in [0.3, 0.4) is 0 Å². The zero-order valence-electron chi connectivity index (χ0n) is 12.3. The fourth-order valence-electron chi connectivity index (χ4n) is 2.66. The summed E-state index contributed by atoms with van der Waals surface area (Å²) in [5.74, 6) is 1.57. The fourth-order valence-corrected chi connectivity index (χ4v) is 3.10. The Balaban J connectivity index is 2.03. The van der Waals surface area contributed by atoms with Gasteiger partial charge in [0.15, 0.2) is 6.10 Å². The van der Waals surface area contributed by atoms with Crippen LogP contribution in [0.25, 0.3) is 0 Å². The van der Waals surface area contributed by atoms with Gasteiger partial charge in [0, 0.05) is 6.42 Å². The molecular weight excluding hydrogens is 262 g/mol. The first-order chi connectivity index (χ1) is 9.10. The standard InChI is InChI=1S/C14H25NO3S/c1-5-11-13(18-11)14(16)15-10(9(2)3)8-17-12(15)6-7-19-4/h9-13H,5-8H2,1-4H3/t10-,11+,12+,13-/m1/s1. The maximum absolute atomic E-state index is 12.6. The Morgan fingerprint density at radius 3 is 2.74 bits per heavy atom. The van der Waals surface area contributed by atoms with E-state index in [1.807, 2.05) is 4.90 Å². The summed E-state index contributed by atoms with van der Waals surface area (Å²) in [5, 5.41) is 0. The van der Waals surface area contributed by atoms with Crippen molar-refractivity contribution in [3.63, 3.8) is 0 Å². The fraction of sp³-hybridized carbons (Fsp3) is 0.929. The van der Waals surface area contributed by atoms with Crippen molar-refractivity contribution >= 4 is 17.7 Å². The van der Waals surface area contributed by atoms with Crippen LogP contribution in [0.4, 0.5) is 0 Å². The number of hydrogen-bond donors (Lipinski definition) is 0. The van der Waals surface area contributed by atoms with Crippen molar-refractivity contribution in [3.05, 3.63) is 0 Å². The zero-order valence-corrected chi connectivity index (χ0v) is 13.1. The molecule has 2 heterocycles. The van der Waals surface area contributed by atoms with E-state index < -0.39 is 0 Å². The molecule has 0 aliphatic carbocycles. The number of thioether (sulfide) groups is 1. The normalized spacial score (nSPS) is 34.1. The van der Waals surface area contributed by atoms with Gasteiger partial charge in [-0.3, -0.25) is 4.79 Å². The number of carbonyl (C=O) groups is 1. The molecule has 0 radical (unpaired) electrons. The molecular formula is C14H25NO3S. The van der Waals surface area contributed by atoms with E-state index in [0.717, 1.165) is 18.6 Å². The first-order valence-corrected chi connectivity index (χ1v) is 8.57. The molecule has 2 fully saturated rings. The van der Waals surface area contributed by atoms with E-state index in [2.05, 4.69) is 27.0 Å². The van der Waals surface area contributed by atoms with E-state index in [-0.39, 0.29) is 30.4 Å². The van der Waals surface area contributed by atoms with Crippen LogP contribution in [0.2, 0.25) is 0 Å². The maximum atomic E-state index is 12.6. The Labute approximate surface area is 120 Å². The third-order valence-electron chi connectivity index (χ3n) is 3.95. The summed E-state index contributed by atoms with van der Waals surface area (Å²) in [5.41, 5.74) is 0. The summed E-state index contributed by atoms with van der Waals surface area (Å²) in [6.45, 7) is 7.02. The Kier molecular flexibility index (Phi) is 5.15. The summed E-state index contributed by atoms with van der Waals surface area (Å²) in [7, 11) is 0. The topological polar surface area (TPSA) is 42.1 Å². The molecule has 110 valence electrons.